The van der Waals surface area contributed by atoms with Crippen molar-refractivity contribution in [1.29, 1.82) is 0 Å². The number of benzene rings is 1. The molecule has 1 aromatic carbocycles. The largest absolute Gasteiger partial charge is 0.497 e. The first-order chi connectivity index (χ1) is 12.6. The Balaban J connectivity index is 1.40. The van der Waals surface area contributed by atoms with Crippen molar-refractivity contribution in [3.8, 4) is 5.75 Å². The maximum Gasteiger partial charge on any atom is 0.233 e. The number of aromatic nitrogens is 1. The zero-order chi connectivity index (χ0) is 18.0. The SMILES string of the molecule is COc1ccc2[nH]c(C)c(CCN3C(=O)[C@@H]4[C@@H](C3=O)[C@@H]3C=C[C@@H]4C3)c2c1. The lowest BCUT2D eigenvalue weighted by Gasteiger charge is -2.17. The van der Waals surface area contributed by atoms with Crippen LogP contribution in [0.4, 0.5) is 0 Å². The average Bonchev–Trinajstić information content (AvgIpc) is 3.37. The third-order valence-corrected chi connectivity index (χ3v) is 6.47. The van der Waals surface area contributed by atoms with E-state index in [2.05, 4.69) is 17.1 Å². The molecule has 0 spiro atoms. The van der Waals surface area contributed by atoms with E-state index < -0.39 is 0 Å². The van der Waals surface area contributed by atoms with E-state index in [9.17, 15) is 9.59 Å². The highest BCUT2D eigenvalue weighted by atomic mass is 16.5. The molecule has 3 aliphatic rings. The minimum Gasteiger partial charge on any atom is -0.497 e. The second-order valence-electron chi connectivity index (χ2n) is 7.72. The molecule has 5 nitrogen and oxygen atoms in total. The molecule has 2 aliphatic carbocycles. The Morgan fingerprint density at radius 3 is 2.50 bits per heavy atom. The van der Waals surface area contributed by atoms with E-state index in [1.54, 1.807) is 7.11 Å². The van der Waals surface area contributed by atoms with Gasteiger partial charge in [-0.1, -0.05) is 12.2 Å². The van der Waals surface area contributed by atoms with Crippen LogP contribution in [-0.2, 0) is 16.0 Å². The van der Waals surface area contributed by atoms with Crippen molar-refractivity contribution in [2.75, 3.05) is 13.7 Å². The number of ether oxygens (including phenoxy) is 1. The van der Waals surface area contributed by atoms with Crippen LogP contribution < -0.4 is 4.74 Å². The molecule has 4 atom stereocenters. The molecule has 2 bridgehead atoms. The lowest BCUT2D eigenvalue weighted by atomic mass is 9.85. The normalized spacial score (nSPS) is 29.2. The van der Waals surface area contributed by atoms with Crippen LogP contribution in [0.15, 0.2) is 30.4 Å². The zero-order valence-corrected chi connectivity index (χ0v) is 15.0. The van der Waals surface area contributed by atoms with Gasteiger partial charge in [-0.2, -0.15) is 0 Å². The predicted molar refractivity (Wildman–Crippen MR) is 97.7 cm³/mol. The number of methoxy groups -OCH3 is 1. The number of hydrogen-bond donors (Lipinski definition) is 1. The van der Waals surface area contributed by atoms with Crippen molar-refractivity contribution >= 4 is 22.7 Å². The van der Waals surface area contributed by atoms with Gasteiger partial charge in [0, 0.05) is 23.1 Å². The molecule has 1 N–H and O–H groups in total. The summed E-state index contributed by atoms with van der Waals surface area (Å²) in [5.74, 6) is 1.20. The van der Waals surface area contributed by atoms with Crippen molar-refractivity contribution in [1.82, 2.24) is 9.88 Å². The fraction of sp³-hybridized carbons (Fsp3) is 0.429. The van der Waals surface area contributed by atoms with Gasteiger partial charge >= 0.3 is 0 Å². The number of aromatic amines is 1. The van der Waals surface area contributed by atoms with Crippen LogP contribution in [0.3, 0.4) is 0 Å². The molecule has 1 aromatic heterocycles. The van der Waals surface area contributed by atoms with Gasteiger partial charge in [-0.05, 0) is 55.4 Å². The molecule has 1 saturated carbocycles. The van der Waals surface area contributed by atoms with Crippen molar-refractivity contribution in [2.45, 2.75) is 19.8 Å². The molecular weight excluding hydrogens is 328 g/mol. The van der Waals surface area contributed by atoms with Gasteiger partial charge in [0.2, 0.25) is 11.8 Å². The van der Waals surface area contributed by atoms with Crippen LogP contribution in [0.1, 0.15) is 17.7 Å². The van der Waals surface area contributed by atoms with Crippen LogP contribution in [0.2, 0.25) is 0 Å². The summed E-state index contributed by atoms with van der Waals surface area (Å²) in [6, 6.07) is 5.95. The molecule has 0 radical (unpaired) electrons. The minimum absolute atomic E-state index is 0.0342. The summed E-state index contributed by atoms with van der Waals surface area (Å²) in [6.45, 7) is 2.49. The Kier molecular flexibility index (Phi) is 3.30. The molecule has 2 heterocycles. The third kappa shape index (κ3) is 2.03. The fourth-order valence-electron chi connectivity index (χ4n) is 5.22. The van der Waals surface area contributed by atoms with Gasteiger partial charge < -0.3 is 9.72 Å². The van der Waals surface area contributed by atoms with E-state index in [-0.39, 0.29) is 35.5 Å². The first-order valence-electron chi connectivity index (χ1n) is 9.27. The quantitative estimate of drug-likeness (QED) is 0.681. The van der Waals surface area contributed by atoms with Crippen molar-refractivity contribution in [2.24, 2.45) is 23.7 Å². The van der Waals surface area contributed by atoms with Gasteiger partial charge in [-0.25, -0.2) is 0 Å². The van der Waals surface area contributed by atoms with Crippen molar-refractivity contribution < 1.29 is 14.3 Å². The number of carbonyl (C=O) groups is 2. The average molecular weight is 350 g/mol. The second-order valence-corrected chi connectivity index (χ2v) is 7.72. The van der Waals surface area contributed by atoms with Crippen molar-refractivity contribution in [3.63, 3.8) is 0 Å². The molecule has 2 amide bonds. The number of aryl methyl sites for hydroxylation is 1. The van der Waals surface area contributed by atoms with Crippen LogP contribution in [-0.4, -0.2) is 35.4 Å². The highest BCUT2D eigenvalue weighted by Crippen LogP contribution is 2.52. The Hall–Kier alpha value is -2.56. The molecule has 26 heavy (non-hydrogen) atoms. The molecule has 1 aliphatic heterocycles. The number of H-pyrrole nitrogens is 1. The molecule has 5 heteroatoms. The van der Waals surface area contributed by atoms with Crippen LogP contribution >= 0.6 is 0 Å². The predicted octanol–water partition coefficient (Wildman–Crippen LogP) is 2.83. The number of likely N-dealkylation sites (tertiary alicyclic amines) is 1. The number of hydrogen-bond acceptors (Lipinski definition) is 3. The standard InChI is InChI=1S/C21H22N2O3/c1-11-15(16-10-14(26-2)5-6-17(16)22-11)7-8-23-20(24)18-12-3-4-13(9-12)19(18)21(23)25/h3-6,10,12-13,18-19,22H,7-9H2,1-2H3/t12-,13-,18+,19+/m1/s1. The van der Waals surface area contributed by atoms with Crippen molar-refractivity contribution in [3.05, 3.63) is 41.6 Å². The molecule has 0 unspecified atom stereocenters. The number of rotatable bonds is 4. The summed E-state index contributed by atoms with van der Waals surface area (Å²) < 4.78 is 5.34. The van der Waals surface area contributed by atoms with Gasteiger partial charge in [0.1, 0.15) is 5.75 Å². The number of nitrogens with one attached hydrogen (secondary N) is 1. The topological polar surface area (TPSA) is 62.4 Å². The summed E-state index contributed by atoms with van der Waals surface area (Å²) >= 11 is 0. The van der Waals surface area contributed by atoms with E-state index in [1.165, 1.54) is 4.90 Å². The number of nitrogens with zero attached hydrogens (tertiary/aromatic N) is 1. The Bertz CT molecular complexity index is 928. The number of fused-ring (bicyclic) bond motifs is 6. The first kappa shape index (κ1) is 15.7. The van der Waals surface area contributed by atoms with E-state index >= 15 is 0 Å². The summed E-state index contributed by atoms with van der Waals surface area (Å²) in [5.41, 5.74) is 3.28. The maximum absolute atomic E-state index is 12.8. The summed E-state index contributed by atoms with van der Waals surface area (Å²) in [5, 5.41) is 1.10. The first-order valence-corrected chi connectivity index (χ1v) is 9.27. The highest BCUT2D eigenvalue weighted by molar-refractivity contribution is 6.06. The second kappa shape index (κ2) is 5.47. The van der Waals surface area contributed by atoms with Gasteiger partial charge in [0.15, 0.2) is 0 Å². The smallest absolute Gasteiger partial charge is 0.233 e. The van der Waals surface area contributed by atoms with E-state index in [0.717, 1.165) is 34.3 Å². The Morgan fingerprint density at radius 1 is 1.15 bits per heavy atom. The third-order valence-electron chi connectivity index (χ3n) is 6.47. The number of allylic oxidation sites excluding steroid dienone is 2. The molecule has 1 saturated heterocycles. The Labute approximate surface area is 152 Å². The van der Waals surface area contributed by atoms with E-state index in [4.69, 9.17) is 4.74 Å². The van der Waals surface area contributed by atoms with Gasteiger partial charge in [0.25, 0.3) is 0 Å². The summed E-state index contributed by atoms with van der Waals surface area (Å²) in [6.07, 6.45) is 5.91. The molecule has 2 fully saturated rings. The van der Waals surface area contributed by atoms with Crippen LogP contribution in [0.25, 0.3) is 10.9 Å². The molecule has 2 aromatic rings. The van der Waals surface area contributed by atoms with Gasteiger partial charge in [0.05, 0.1) is 18.9 Å². The molecular formula is C21H22N2O3. The summed E-state index contributed by atoms with van der Waals surface area (Å²) in [4.78, 5) is 30.6. The van der Waals surface area contributed by atoms with Gasteiger partial charge in [-0.3, -0.25) is 14.5 Å². The zero-order valence-electron chi connectivity index (χ0n) is 15.0. The maximum atomic E-state index is 12.8. The van der Waals surface area contributed by atoms with Crippen LogP contribution in [0, 0.1) is 30.6 Å². The van der Waals surface area contributed by atoms with Gasteiger partial charge in [-0.15, -0.1) is 0 Å². The molecule has 5 rings (SSSR count). The Morgan fingerprint density at radius 2 is 1.85 bits per heavy atom. The number of imide groups is 1. The number of amides is 2. The lowest BCUT2D eigenvalue weighted by molar-refractivity contribution is -0.140. The van der Waals surface area contributed by atoms with Crippen LogP contribution in [0.5, 0.6) is 5.75 Å². The number of carbonyl (C=O) groups excluding carboxylic acids is 2. The lowest BCUT2D eigenvalue weighted by Crippen LogP contribution is -2.34. The summed E-state index contributed by atoms with van der Waals surface area (Å²) in [7, 11) is 1.66. The monoisotopic (exact) mass is 350 g/mol. The van der Waals surface area contributed by atoms with E-state index in [0.29, 0.717) is 13.0 Å². The molecule has 134 valence electrons. The fourth-order valence-corrected chi connectivity index (χ4v) is 5.22. The van der Waals surface area contributed by atoms with E-state index in [1.807, 2.05) is 25.1 Å². The minimum atomic E-state index is -0.110. The highest BCUT2D eigenvalue weighted by Gasteiger charge is 2.58.